The number of hydrogen-bond acceptors (Lipinski definition) is 4. The summed E-state index contributed by atoms with van der Waals surface area (Å²) in [5, 5.41) is 3.29. The van der Waals surface area contributed by atoms with Crippen molar-refractivity contribution in [3.8, 4) is 22.4 Å². The molecule has 0 saturated heterocycles. The molecule has 6 aromatic carbocycles. The van der Waals surface area contributed by atoms with Gasteiger partial charge >= 0.3 is 0 Å². The summed E-state index contributed by atoms with van der Waals surface area (Å²) in [7, 11) is 0. The Morgan fingerprint density at radius 2 is 1.06 bits per heavy atom. The van der Waals surface area contributed by atoms with Gasteiger partial charge in [0.05, 0.1) is 33.3 Å². The number of rotatable bonds is 4. The zero-order chi connectivity index (χ0) is 34.9. The molecule has 1 aliphatic heterocycles. The first-order valence-electron chi connectivity index (χ1n) is 18.3. The summed E-state index contributed by atoms with van der Waals surface area (Å²) in [5.74, 6) is 0. The SMILES string of the molecule is c1cc(C2=Nc3c(ccc4cccnc34)CC2)cc(C2(c3cccc(-c4ccc5ccc6cccnc6c5n4)c3)c3ccccc3-c3ccccc32)c1. The summed E-state index contributed by atoms with van der Waals surface area (Å²) < 4.78 is 0. The molecular formula is C49H32N4. The van der Waals surface area contributed by atoms with Crippen molar-refractivity contribution in [2.75, 3.05) is 0 Å². The van der Waals surface area contributed by atoms with Gasteiger partial charge in [-0.3, -0.25) is 15.0 Å². The van der Waals surface area contributed by atoms with Crippen LogP contribution in [0.2, 0.25) is 0 Å². The minimum Gasteiger partial charge on any atom is -0.254 e. The fourth-order valence-corrected chi connectivity index (χ4v) is 8.90. The molecule has 248 valence electrons. The molecule has 0 unspecified atom stereocenters. The van der Waals surface area contributed by atoms with E-state index >= 15 is 0 Å². The molecule has 0 radical (unpaired) electrons. The number of hydrogen-bond donors (Lipinski definition) is 0. The highest BCUT2D eigenvalue weighted by molar-refractivity contribution is 6.07. The molecule has 0 fully saturated rings. The van der Waals surface area contributed by atoms with Gasteiger partial charge in [-0.15, -0.1) is 0 Å². The molecule has 0 amide bonds. The van der Waals surface area contributed by atoms with E-state index in [1.165, 1.54) is 38.9 Å². The average Bonchev–Trinajstić information content (AvgIpc) is 3.54. The normalized spacial score (nSPS) is 14.2. The molecule has 4 nitrogen and oxygen atoms in total. The van der Waals surface area contributed by atoms with Crippen molar-refractivity contribution in [2.24, 2.45) is 4.99 Å². The van der Waals surface area contributed by atoms with Gasteiger partial charge in [0.2, 0.25) is 0 Å². The molecule has 0 saturated carbocycles. The molecule has 11 rings (SSSR count). The van der Waals surface area contributed by atoms with Gasteiger partial charge in [-0.05, 0) is 87.7 Å². The molecule has 0 atom stereocenters. The van der Waals surface area contributed by atoms with Crippen molar-refractivity contribution >= 4 is 44.1 Å². The number of aromatic nitrogens is 3. The fraction of sp³-hybridized carbons (Fsp3) is 0.0612. The number of benzene rings is 6. The number of aryl methyl sites for hydroxylation is 1. The van der Waals surface area contributed by atoms with Gasteiger partial charge in [-0.1, -0.05) is 127 Å². The predicted octanol–water partition coefficient (Wildman–Crippen LogP) is 11.4. The van der Waals surface area contributed by atoms with Crippen LogP contribution in [0.5, 0.6) is 0 Å². The minimum absolute atomic E-state index is 0.564. The number of aliphatic imine (C=N–C) groups is 1. The van der Waals surface area contributed by atoms with E-state index in [0.717, 1.165) is 73.8 Å². The Hall–Kier alpha value is -6.78. The van der Waals surface area contributed by atoms with Crippen LogP contribution in [0.1, 0.15) is 39.8 Å². The van der Waals surface area contributed by atoms with Gasteiger partial charge in [-0.25, -0.2) is 4.98 Å². The molecule has 4 heterocycles. The summed E-state index contributed by atoms with van der Waals surface area (Å²) in [6.45, 7) is 0. The van der Waals surface area contributed by atoms with Crippen LogP contribution in [0.15, 0.2) is 175 Å². The summed E-state index contributed by atoms with van der Waals surface area (Å²) >= 11 is 0. The van der Waals surface area contributed by atoms with E-state index in [1.807, 2.05) is 24.5 Å². The molecule has 4 heteroatoms. The fourth-order valence-electron chi connectivity index (χ4n) is 8.90. The smallest absolute Gasteiger partial charge is 0.0972 e. The van der Waals surface area contributed by atoms with E-state index < -0.39 is 5.41 Å². The highest BCUT2D eigenvalue weighted by Crippen LogP contribution is 2.56. The monoisotopic (exact) mass is 676 g/mol. The first-order chi connectivity index (χ1) is 26.3. The van der Waals surface area contributed by atoms with Crippen LogP contribution in [-0.4, -0.2) is 20.7 Å². The first kappa shape index (κ1) is 29.9. The topological polar surface area (TPSA) is 51.0 Å². The Kier molecular flexibility index (Phi) is 6.56. The lowest BCUT2D eigenvalue weighted by Gasteiger charge is -2.34. The predicted molar refractivity (Wildman–Crippen MR) is 216 cm³/mol. The van der Waals surface area contributed by atoms with E-state index in [0.29, 0.717) is 0 Å². The second-order valence-corrected chi connectivity index (χ2v) is 14.1. The van der Waals surface area contributed by atoms with Gasteiger partial charge in [0.25, 0.3) is 0 Å². The molecule has 2 aliphatic rings. The highest BCUT2D eigenvalue weighted by atomic mass is 14.8. The number of fused-ring (bicyclic) bond motifs is 9. The first-order valence-corrected chi connectivity index (χ1v) is 18.3. The standard InChI is InChI=1S/C49H32N4/c1-3-17-41-39(15-1)40-16-2-4-18-42(40)49(41,37-13-5-9-35(29-37)43-25-23-33-21-19-31-11-7-27-50-45(31)47(33)52-43)38-14-6-10-36(30-38)44-26-24-34-22-20-32-12-8-28-51-46(32)48(34)53-44/h1-23,25,27-30H,24,26H2. The summed E-state index contributed by atoms with van der Waals surface area (Å²) in [6, 6.07) is 57.1. The van der Waals surface area contributed by atoms with Crippen LogP contribution in [0.4, 0.5) is 5.69 Å². The van der Waals surface area contributed by atoms with E-state index in [9.17, 15) is 0 Å². The van der Waals surface area contributed by atoms with E-state index in [4.69, 9.17) is 19.9 Å². The largest absolute Gasteiger partial charge is 0.254 e. The molecule has 1 aliphatic carbocycles. The van der Waals surface area contributed by atoms with Gasteiger partial charge in [-0.2, -0.15) is 0 Å². The van der Waals surface area contributed by atoms with E-state index in [2.05, 4.69) is 146 Å². The highest BCUT2D eigenvalue weighted by Gasteiger charge is 2.46. The van der Waals surface area contributed by atoms with Crippen molar-refractivity contribution in [1.82, 2.24) is 15.0 Å². The quantitative estimate of drug-likeness (QED) is 0.174. The second-order valence-electron chi connectivity index (χ2n) is 14.1. The number of pyridine rings is 3. The third-order valence-corrected chi connectivity index (χ3v) is 11.3. The molecule has 0 bridgehead atoms. The van der Waals surface area contributed by atoms with Crippen LogP contribution in [-0.2, 0) is 11.8 Å². The van der Waals surface area contributed by atoms with Crippen LogP contribution in [0.25, 0.3) is 55.1 Å². The zero-order valence-electron chi connectivity index (χ0n) is 28.9. The van der Waals surface area contributed by atoms with Crippen molar-refractivity contribution in [1.29, 1.82) is 0 Å². The lowest BCUT2D eigenvalue weighted by molar-refractivity contribution is 0.768. The minimum atomic E-state index is -0.564. The third kappa shape index (κ3) is 4.49. The summed E-state index contributed by atoms with van der Waals surface area (Å²) in [4.78, 5) is 20.1. The Balaban J connectivity index is 1.13. The van der Waals surface area contributed by atoms with E-state index in [-0.39, 0.29) is 0 Å². The van der Waals surface area contributed by atoms with Gasteiger partial charge in [0.1, 0.15) is 0 Å². The van der Waals surface area contributed by atoms with E-state index in [1.54, 1.807) is 0 Å². The van der Waals surface area contributed by atoms with Crippen molar-refractivity contribution in [3.05, 3.63) is 203 Å². The maximum atomic E-state index is 5.34. The van der Waals surface area contributed by atoms with Crippen molar-refractivity contribution in [3.63, 3.8) is 0 Å². The lowest BCUT2D eigenvalue weighted by Crippen LogP contribution is -2.29. The lowest BCUT2D eigenvalue weighted by atomic mass is 9.67. The van der Waals surface area contributed by atoms with Crippen LogP contribution in [0.3, 0.4) is 0 Å². The van der Waals surface area contributed by atoms with Gasteiger partial charge < -0.3 is 0 Å². The van der Waals surface area contributed by atoms with Crippen molar-refractivity contribution in [2.45, 2.75) is 18.3 Å². The molecule has 3 aromatic heterocycles. The molecule has 0 spiro atoms. The average molecular weight is 677 g/mol. The zero-order valence-corrected chi connectivity index (χ0v) is 28.9. The molecule has 0 N–H and O–H groups in total. The molecule has 53 heavy (non-hydrogen) atoms. The molecular weight excluding hydrogens is 645 g/mol. The second kappa shape index (κ2) is 11.6. The van der Waals surface area contributed by atoms with Crippen LogP contribution < -0.4 is 0 Å². The molecule has 9 aromatic rings. The Bertz CT molecular complexity index is 2930. The van der Waals surface area contributed by atoms with Gasteiger partial charge in [0.15, 0.2) is 0 Å². The third-order valence-electron chi connectivity index (χ3n) is 11.3. The number of nitrogens with zero attached hydrogens (tertiary/aromatic N) is 4. The Labute approximate surface area is 307 Å². The summed E-state index contributed by atoms with van der Waals surface area (Å²) in [5.41, 5.74) is 16.3. The maximum absolute atomic E-state index is 5.34. The Morgan fingerprint density at radius 3 is 1.81 bits per heavy atom. The van der Waals surface area contributed by atoms with Gasteiger partial charge in [0, 0.05) is 39.8 Å². The Morgan fingerprint density at radius 1 is 0.453 bits per heavy atom. The maximum Gasteiger partial charge on any atom is 0.0972 e. The van der Waals surface area contributed by atoms with Crippen LogP contribution in [0, 0.1) is 0 Å². The van der Waals surface area contributed by atoms with Crippen molar-refractivity contribution < 1.29 is 0 Å². The summed E-state index contributed by atoms with van der Waals surface area (Å²) in [6.07, 6.45) is 5.53. The van der Waals surface area contributed by atoms with Crippen LogP contribution >= 0.6 is 0 Å².